The van der Waals surface area contributed by atoms with E-state index >= 15 is 0 Å². The lowest BCUT2D eigenvalue weighted by molar-refractivity contribution is -0.0163. The van der Waals surface area contributed by atoms with E-state index in [1.807, 2.05) is 18.2 Å². The Labute approximate surface area is 144 Å². The quantitative estimate of drug-likeness (QED) is 0.594. The first-order valence-electron chi connectivity index (χ1n) is 8.52. The fourth-order valence-electron chi connectivity index (χ4n) is 2.71. The van der Waals surface area contributed by atoms with Crippen LogP contribution >= 0.6 is 0 Å². The highest BCUT2D eigenvalue weighted by molar-refractivity contribution is 5.42. The molecule has 2 unspecified atom stereocenters. The summed E-state index contributed by atoms with van der Waals surface area (Å²) in [7, 11) is 3.26. The van der Waals surface area contributed by atoms with E-state index in [0.29, 0.717) is 19.8 Å². The van der Waals surface area contributed by atoms with Gasteiger partial charge in [-0.05, 0) is 43.5 Å². The van der Waals surface area contributed by atoms with Crippen LogP contribution < -0.4 is 14.8 Å². The van der Waals surface area contributed by atoms with Gasteiger partial charge in [-0.15, -0.1) is 0 Å². The monoisotopic (exact) mass is 339 g/mol. The van der Waals surface area contributed by atoms with Crippen LogP contribution in [-0.4, -0.2) is 64.4 Å². The first-order valence-corrected chi connectivity index (χ1v) is 8.52. The Bertz CT molecular complexity index is 476. The van der Waals surface area contributed by atoms with E-state index in [1.165, 1.54) is 0 Å². The third-order valence-corrected chi connectivity index (χ3v) is 4.06. The molecule has 2 N–H and O–H groups in total. The molecule has 1 saturated heterocycles. The lowest BCUT2D eigenvalue weighted by Crippen LogP contribution is -2.32. The lowest BCUT2D eigenvalue weighted by Gasteiger charge is -2.15. The number of nitrogens with one attached hydrogen (secondary N) is 1. The summed E-state index contributed by atoms with van der Waals surface area (Å²) in [4.78, 5) is 0. The van der Waals surface area contributed by atoms with Crippen molar-refractivity contribution < 1.29 is 24.1 Å². The maximum atomic E-state index is 9.91. The highest BCUT2D eigenvalue weighted by Gasteiger charge is 2.16. The number of benzene rings is 1. The van der Waals surface area contributed by atoms with Gasteiger partial charge in [0.15, 0.2) is 11.5 Å². The minimum Gasteiger partial charge on any atom is -0.493 e. The van der Waals surface area contributed by atoms with Crippen molar-refractivity contribution in [3.8, 4) is 11.5 Å². The van der Waals surface area contributed by atoms with Crippen molar-refractivity contribution in [3.05, 3.63) is 23.8 Å². The molecule has 0 amide bonds. The third-order valence-electron chi connectivity index (χ3n) is 4.06. The number of hydrogen-bond donors (Lipinski definition) is 2. The summed E-state index contributed by atoms with van der Waals surface area (Å²) < 4.78 is 21.5. The van der Waals surface area contributed by atoms with Crippen molar-refractivity contribution in [2.75, 3.05) is 47.1 Å². The minimum absolute atomic E-state index is 0.204. The Balaban J connectivity index is 1.58. The highest BCUT2D eigenvalue weighted by atomic mass is 16.5. The molecule has 1 aromatic rings. The normalized spacial score (nSPS) is 18.5. The summed E-state index contributed by atoms with van der Waals surface area (Å²) in [5.74, 6) is 1.46. The van der Waals surface area contributed by atoms with Crippen LogP contribution in [0.15, 0.2) is 18.2 Å². The molecule has 2 rings (SSSR count). The van der Waals surface area contributed by atoms with Gasteiger partial charge in [0.1, 0.15) is 0 Å². The predicted molar refractivity (Wildman–Crippen MR) is 91.9 cm³/mol. The Kier molecular flexibility index (Phi) is 8.32. The standard InChI is InChI=1S/C18H29NO5/c1-21-17-6-5-14(10-18(17)22-2)7-8-19-11-15(20)12-23-13-16-4-3-9-24-16/h5-6,10,15-16,19-20H,3-4,7-9,11-13H2,1-2H3. The Morgan fingerprint density at radius 3 is 2.83 bits per heavy atom. The van der Waals surface area contributed by atoms with E-state index in [9.17, 15) is 5.11 Å². The summed E-state index contributed by atoms with van der Waals surface area (Å²) in [5, 5.41) is 13.2. The van der Waals surface area contributed by atoms with Crippen LogP contribution in [0.4, 0.5) is 0 Å². The topological polar surface area (TPSA) is 69.2 Å². The smallest absolute Gasteiger partial charge is 0.160 e. The predicted octanol–water partition coefficient (Wildman–Crippen LogP) is 1.39. The van der Waals surface area contributed by atoms with E-state index in [1.54, 1.807) is 14.2 Å². The maximum Gasteiger partial charge on any atom is 0.160 e. The van der Waals surface area contributed by atoms with Gasteiger partial charge in [-0.3, -0.25) is 0 Å². The molecule has 2 atom stereocenters. The van der Waals surface area contributed by atoms with Crippen LogP contribution in [0.1, 0.15) is 18.4 Å². The van der Waals surface area contributed by atoms with Gasteiger partial charge in [0.05, 0.1) is 39.6 Å². The van der Waals surface area contributed by atoms with Gasteiger partial charge in [0.25, 0.3) is 0 Å². The Morgan fingerprint density at radius 2 is 2.12 bits per heavy atom. The average molecular weight is 339 g/mol. The number of ether oxygens (including phenoxy) is 4. The van der Waals surface area contributed by atoms with Gasteiger partial charge >= 0.3 is 0 Å². The van der Waals surface area contributed by atoms with Crippen molar-refractivity contribution >= 4 is 0 Å². The van der Waals surface area contributed by atoms with Crippen LogP contribution in [0.2, 0.25) is 0 Å². The molecule has 0 bridgehead atoms. The Morgan fingerprint density at radius 1 is 1.29 bits per heavy atom. The fourth-order valence-corrected chi connectivity index (χ4v) is 2.71. The molecule has 0 saturated carbocycles. The first-order chi connectivity index (χ1) is 11.7. The third kappa shape index (κ3) is 6.28. The SMILES string of the molecule is COc1ccc(CCNCC(O)COCC2CCCO2)cc1OC. The molecule has 24 heavy (non-hydrogen) atoms. The van der Waals surface area contributed by atoms with Gasteiger partial charge in [0, 0.05) is 13.2 Å². The molecular formula is C18H29NO5. The Hall–Kier alpha value is -1.34. The van der Waals surface area contributed by atoms with E-state index in [2.05, 4.69) is 5.32 Å². The summed E-state index contributed by atoms with van der Waals surface area (Å²) >= 11 is 0. The zero-order valence-electron chi connectivity index (χ0n) is 14.6. The summed E-state index contributed by atoms with van der Waals surface area (Å²) in [6, 6.07) is 5.90. The molecule has 1 aromatic carbocycles. The van der Waals surface area contributed by atoms with Crippen molar-refractivity contribution in [3.63, 3.8) is 0 Å². The molecule has 1 heterocycles. The number of methoxy groups -OCH3 is 2. The van der Waals surface area contributed by atoms with Gasteiger partial charge in [0.2, 0.25) is 0 Å². The van der Waals surface area contributed by atoms with Crippen molar-refractivity contribution in [2.24, 2.45) is 0 Å². The highest BCUT2D eigenvalue weighted by Crippen LogP contribution is 2.27. The number of aliphatic hydroxyl groups is 1. The molecule has 6 heteroatoms. The fraction of sp³-hybridized carbons (Fsp3) is 0.667. The molecule has 6 nitrogen and oxygen atoms in total. The second-order valence-electron chi connectivity index (χ2n) is 5.97. The van der Waals surface area contributed by atoms with Crippen LogP contribution in [0.25, 0.3) is 0 Å². The molecule has 0 aromatic heterocycles. The van der Waals surface area contributed by atoms with E-state index in [4.69, 9.17) is 18.9 Å². The van der Waals surface area contributed by atoms with E-state index in [-0.39, 0.29) is 6.10 Å². The second kappa shape index (κ2) is 10.5. The zero-order valence-corrected chi connectivity index (χ0v) is 14.6. The molecule has 0 aliphatic carbocycles. The van der Waals surface area contributed by atoms with Crippen molar-refractivity contribution in [2.45, 2.75) is 31.5 Å². The lowest BCUT2D eigenvalue weighted by atomic mass is 10.1. The van der Waals surface area contributed by atoms with Gasteiger partial charge in [-0.2, -0.15) is 0 Å². The van der Waals surface area contributed by atoms with Crippen molar-refractivity contribution in [1.29, 1.82) is 0 Å². The summed E-state index contributed by atoms with van der Waals surface area (Å²) in [5.41, 5.74) is 1.16. The van der Waals surface area contributed by atoms with Crippen LogP contribution in [0, 0.1) is 0 Å². The number of rotatable bonds is 11. The molecule has 1 aliphatic heterocycles. The molecular weight excluding hydrogens is 310 g/mol. The summed E-state index contributed by atoms with van der Waals surface area (Å²) in [6.45, 7) is 3.03. The summed E-state index contributed by atoms with van der Waals surface area (Å²) in [6.07, 6.45) is 2.71. The molecule has 136 valence electrons. The molecule has 1 fully saturated rings. The first kappa shape index (κ1) is 19.0. The van der Waals surface area contributed by atoms with Gasteiger partial charge in [-0.1, -0.05) is 6.07 Å². The average Bonchev–Trinajstić information content (AvgIpc) is 3.12. The number of aliphatic hydroxyl groups excluding tert-OH is 1. The van der Waals surface area contributed by atoms with Crippen LogP contribution in [0.5, 0.6) is 11.5 Å². The minimum atomic E-state index is -0.503. The maximum absolute atomic E-state index is 9.91. The molecule has 0 radical (unpaired) electrons. The largest absolute Gasteiger partial charge is 0.493 e. The van der Waals surface area contributed by atoms with Gasteiger partial charge in [-0.25, -0.2) is 0 Å². The van der Waals surface area contributed by atoms with Crippen molar-refractivity contribution in [1.82, 2.24) is 5.32 Å². The van der Waals surface area contributed by atoms with E-state index in [0.717, 1.165) is 49.5 Å². The van der Waals surface area contributed by atoms with Gasteiger partial charge < -0.3 is 29.4 Å². The van der Waals surface area contributed by atoms with E-state index < -0.39 is 6.10 Å². The van der Waals surface area contributed by atoms with Crippen LogP contribution in [-0.2, 0) is 15.9 Å². The number of hydrogen-bond acceptors (Lipinski definition) is 6. The molecule has 0 spiro atoms. The second-order valence-corrected chi connectivity index (χ2v) is 5.97. The molecule has 1 aliphatic rings. The van der Waals surface area contributed by atoms with Crippen LogP contribution in [0.3, 0.4) is 0 Å². The zero-order chi connectivity index (χ0) is 17.2.